The van der Waals surface area contributed by atoms with Crippen LogP contribution >= 0.6 is 35.6 Å². The van der Waals surface area contributed by atoms with Gasteiger partial charge in [-0.2, -0.15) is 0 Å². The molecule has 0 N–H and O–H groups in total. The molecule has 0 saturated carbocycles. The van der Waals surface area contributed by atoms with Gasteiger partial charge in [0, 0.05) is 22.0 Å². The van der Waals surface area contributed by atoms with Crippen LogP contribution < -0.4 is 0 Å². The van der Waals surface area contributed by atoms with Gasteiger partial charge in [-0.05, 0) is 31.8 Å². The zero-order chi connectivity index (χ0) is 13.1. The molecule has 0 aliphatic carbocycles. The fraction of sp³-hybridized carbons (Fsp3) is 0.538. The van der Waals surface area contributed by atoms with Crippen molar-refractivity contribution < 1.29 is 9.47 Å². The van der Waals surface area contributed by atoms with Crippen LogP contribution in [0.1, 0.15) is 11.6 Å². The molecule has 0 aromatic heterocycles. The summed E-state index contributed by atoms with van der Waals surface area (Å²) in [7, 11) is 4.06. The molecule has 0 spiro atoms. The summed E-state index contributed by atoms with van der Waals surface area (Å²) < 4.78 is 10.8. The molecule has 0 amide bonds. The Kier molecular flexibility index (Phi) is 6.87. The third-order valence-electron chi connectivity index (χ3n) is 3.11. The second-order valence-corrected chi connectivity index (χ2v) is 5.54. The zero-order valence-corrected chi connectivity index (χ0v) is 13.3. The van der Waals surface area contributed by atoms with Crippen LogP contribution in [0.3, 0.4) is 0 Å². The fourth-order valence-electron chi connectivity index (χ4n) is 2.38. The van der Waals surface area contributed by atoms with Crippen molar-refractivity contribution >= 4 is 35.6 Å². The number of rotatable bonds is 3. The van der Waals surface area contributed by atoms with Gasteiger partial charge in [-0.1, -0.05) is 29.3 Å². The van der Waals surface area contributed by atoms with E-state index in [1.54, 1.807) is 6.07 Å². The summed E-state index contributed by atoms with van der Waals surface area (Å²) in [6, 6.07) is 5.78. The lowest BCUT2D eigenvalue weighted by Crippen LogP contribution is -2.36. The molecular weight excluding hydrogens is 309 g/mol. The number of hydrogen-bond acceptors (Lipinski definition) is 3. The summed E-state index contributed by atoms with van der Waals surface area (Å²) in [5.74, 6) is 0.271. The van der Waals surface area contributed by atoms with Crippen molar-refractivity contribution in [2.75, 3.05) is 34.1 Å². The van der Waals surface area contributed by atoms with E-state index in [1.165, 1.54) is 0 Å². The van der Waals surface area contributed by atoms with Crippen molar-refractivity contribution in [1.82, 2.24) is 4.90 Å². The number of ether oxygens (including phenoxy) is 2. The molecule has 1 atom stereocenters. The van der Waals surface area contributed by atoms with E-state index >= 15 is 0 Å². The summed E-state index contributed by atoms with van der Waals surface area (Å²) in [4.78, 5) is 2.14. The highest BCUT2D eigenvalue weighted by molar-refractivity contribution is 6.35. The monoisotopic (exact) mass is 325 g/mol. The van der Waals surface area contributed by atoms with Gasteiger partial charge >= 0.3 is 0 Å². The summed E-state index contributed by atoms with van der Waals surface area (Å²) in [6.07, 6.45) is 0. The van der Waals surface area contributed by atoms with Gasteiger partial charge in [-0.15, -0.1) is 12.4 Å². The molecule has 1 heterocycles. The van der Waals surface area contributed by atoms with Crippen LogP contribution in [-0.4, -0.2) is 39.0 Å². The SMILES string of the molecule is CN(C)C(c1ccc(Cl)cc1Cl)C1COCOC1.Cl. The molecule has 1 aliphatic heterocycles. The Labute approximate surface area is 130 Å². The van der Waals surface area contributed by atoms with Crippen LogP contribution in [0.2, 0.25) is 10.0 Å². The lowest BCUT2D eigenvalue weighted by atomic mass is 9.93. The van der Waals surface area contributed by atoms with E-state index in [0.29, 0.717) is 30.1 Å². The molecular formula is C13H18Cl3NO2. The van der Waals surface area contributed by atoms with E-state index in [2.05, 4.69) is 4.90 Å². The number of halogens is 3. The first-order valence-corrected chi connectivity index (χ1v) is 6.62. The predicted octanol–water partition coefficient (Wildman–Crippen LogP) is 3.64. The minimum Gasteiger partial charge on any atom is -0.355 e. The largest absolute Gasteiger partial charge is 0.355 e. The first-order chi connectivity index (χ1) is 8.59. The maximum Gasteiger partial charge on any atom is 0.146 e. The van der Waals surface area contributed by atoms with Gasteiger partial charge in [0.2, 0.25) is 0 Å². The summed E-state index contributed by atoms with van der Waals surface area (Å²) in [6.45, 7) is 1.74. The van der Waals surface area contributed by atoms with Gasteiger partial charge in [0.1, 0.15) is 6.79 Å². The van der Waals surface area contributed by atoms with Gasteiger partial charge in [-0.25, -0.2) is 0 Å². The Morgan fingerprint density at radius 3 is 2.37 bits per heavy atom. The van der Waals surface area contributed by atoms with Crippen LogP contribution in [0.5, 0.6) is 0 Å². The molecule has 1 unspecified atom stereocenters. The van der Waals surface area contributed by atoms with Gasteiger partial charge in [0.25, 0.3) is 0 Å². The first-order valence-electron chi connectivity index (χ1n) is 5.86. The lowest BCUT2D eigenvalue weighted by Gasteiger charge is -2.35. The summed E-state index contributed by atoms with van der Waals surface area (Å²) in [5, 5.41) is 1.34. The Morgan fingerprint density at radius 1 is 1.21 bits per heavy atom. The summed E-state index contributed by atoms with van der Waals surface area (Å²) >= 11 is 12.2. The van der Waals surface area contributed by atoms with Crippen molar-refractivity contribution in [3.8, 4) is 0 Å². The molecule has 6 heteroatoms. The molecule has 1 aromatic rings. The van der Waals surface area contributed by atoms with Crippen LogP contribution in [0.25, 0.3) is 0 Å². The molecule has 1 aliphatic rings. The second kappa shape index (κ2) is 7.67. The van der Waals surface area contributed by atoms with Crippen LogP contribution in [0.15, 0.2) is 18.2 Å². The molecule has 1 fully saturated rings. The Bertz CT molecular complexity index is 409. The highest BCUT2D eigenvalue weighted by Gasteiger charge is 2.29. The van der Waals surface area contributed by atoms with Crippen molar-refractivity contribution in [3.05, 3.63) is 33.8 Å². The molecule has 108 valence electrons. The van der Waals surface area contributed by atoms with Crippen molar-refractivity contribution in [1.29, 1.82) is 0 Å². The maximum atomic E-state index is 6.29. The minimum absolute atomic E-state index is 0. The van der Waals surface area contributed by atoms with Gasteiger partial charge in [-0.3, -0.25) is 0 Å². The quantitative estimate of drug-likeness (QED) is 0.846. The van der Waals surface area contributed by atoms with Gasteiger partial charge in [0.15, 0.2) is 0 Å². The summed E-state index contributed by atoms with van der Waals surface area (Å²) in [5.41, 5.74) is 1.06. The Hall–Kier alpha value is -0.0300. The van der Waals surface area contributed by atoms with E-state index in [1.807, 2.05) is 26.2 Å². The van der Waals surface area contributed by atoms with Crippen molar-refractivity contribution in [2.45, 2.75) is 6.04 Å². The topological polar surface area (TPSA) is 21.7 Å². The fourth-order valence-corrected chi connectivity index (χ4v) is 2.90. The standard InChI is InChI=1S/C13H17Cl2NO2.ClH/c1-16(2)13(9-6-17-8-18-7-9)11-4-3-10(14)5-12(11)15;/h3-5,9,13H,6-8H2,1-2H3;1H. The van der Waals surface area contributed by atoms with E-state index in [9.17, 15) is 0 Å². The zero-order valence-electron chi connectivity index (χ0n) is 10.9. The van der Waals surface area contributed by atoms with Crippen LogP contribution in [0.4, 0.5) is 0 Å². The van der Waals surface area contributed by atoms with Gasteiger partial charge in [0.05, 0.1) is 13.2 Å². The second-order valence-electron chi connectivity index (χ2n) is 4.69. The van der Waals surface area contributed by atoms with E-state index in [4.69, 9.17) is 32.7 Å². The predicted molar refractivity (Wildman–Crippen MR) is 80.4 cm³/mol. The normalized spacial score (nSPS) is 18.2. The number of hydrogen-bond donors (Lipinski definition) is 0. The molecule has 1 aromatic carbocycles. The molecule has 0 bridgehead atoms. The van der Waals surface area contributed by atoms with E-state index in [-0.39, 0.29) is 24.4 Å². The minimum atomic E-state index is 0. The number of benzene rings is 1. The maximum absolute atomic E-state index is 6.29. The highest BCUT2D eigenvalue weighted by atomic mass is 35.5. The Morgan fingerprint density at radius 2 is 1.84 bits per heavy atom. The molecule has 0 radical (unpaired) electrons. The highest BCUT2D eigenvalue weighted by Crippen LogP contribution is 2.34. The molecule has 3 nitrogen and oxygen atoms in total. The van der Waals surface area contributed by atoms with E-state index < -0.39 is 0 Å². The molecule has 1 saturated heterocycles. The number of nitrogens with zero attached hydrogens (tertiary/aromatic N) is 1. The van der Waals surface area contributed by atoms with E-state index in [0.717, 1.165) is 5.56 Å². The third kappa shape index (κ3) is 4.22. The smallest absolute Gasteiger partial charge is 0.146 e. The third-order valence-corrected chi connectivity index (χ3v) is 3.68. The first kappa shape index (κ1) is 17.0. The van der Waals surface area contributed by atoms with Crippen molar-refractivity contribution in [2.24, 2.45) is 5.92 Å². The average molecular weight is 327 g/mol. The van der Waals surface area contributed by atoms with Crippen molar-refractivity contribution in [3.63, 3.8) is 0 Å². The lowest BCUT2D eigenvalue weighted by molar-refractivity contribution is -0.139. The van der Waals surface area contributed by atoms with Crippen LogP contribution in [-0.2, 0) is 9.47 Å². The van der Waals surface area contributed by atoms with Gasteiger partial charge < -0.3 is 14.4 Å². The molecule has 19 heavy (non-hydrogen) atoms. The van der Waals surface area contributed by atoms with Crippen LogP contribution in [0, 0.1) is 5.92 Å². The molecule has 2 rings (SSSR count). The average Bonchev–Trinajstić information content (AvgIpc) is 2.33. The Balaban J connectivity index is 0.00000180.